The number of carbonyl (C=O) groups is 3. The van der Waals surface area contributed by atoms with E-state index in [4.69, 9.17) is 14.2 Å². The highest BCUT2D eigenvalue weighted by Crippen LogP contribution is 2.16. The lowest BCUT2D eigenvalue weighted by Gasteiger charge is -2.18. The molecule has 6 heteroatoms. The van der Waals surface area contributed by atoms with Crippen LogP contribution in [0.3, 0.4) is 0 Å². The molecule has 6 nitrogen and oxygen atoms in total. The van der Waals surface area contributed by atoms with Gasteiger partial charge in [0.15, 0.2) is 6.10 Å². The minimum Gasteiger partial charge on any atom is -0.462 e. The molecule has 0 bridgehead atoms. The highest BCUT2D eigenvalue weighted by Gasteiger charge is 2.19. The maximum atomic E-state index is 12.9. The Bertz CT molecular complexity index is 1720. The van der Waals surface area contributed by atoms with Crippen LogP contribution in [0, 0.1) is 0 Å². The summed E-state index contributed by atoms with van der Waals surface area (Å²) in [5.41, 5.74) is 0. The third-order valence-corrected chi connectivity index (χ3v) is 14.1. The van der Waals surface area contributed by atoms with Crippen molar-refractivity contribution >= 4 is 17.9 Å². The lowest BCUT2D eigenvalue weighted by Crippen LogP contribution is -2.30. The van der Waals surface area contributed by atoms with Gasteiger partial charge in [0.1, 0.15) is 13.2 Å². The van der Waals surface area contributed by atoms with Gasteiger partial charge in [0.2, 0.25) is 0 Å². The highest BCUT2D eigenvalue weighted by molar-refractivity contribution is 5.71. The molecule has 81 heavy (non-hydrogen) atoms. The summed E-state index contributed by atoms with van der Waals surface area (Å²) in [6, 6.07) is 0. The lowest BCUT2D eigenvalue weighted by molar-refractivity contribution is -0.166. The summed E-state index contributed by atoms with van der Waals surface area (Å²) in [4.78, 5) is 38.3. The van der Waals surface area contributed by atoms with E-state index in [1.54, 1.807) is 0 Å². The number of ether oxygens (including phenoxy) is 3. The monoisotopic (exact) mass is 1120 g/mol. The number of rotatable bonds is 60. The summed E-state index contributed by atoms with van der Waals surface area (Å²) in [5.74, 6) is -0.992. The molecule has 0 radical (unpaired) electrons. The Morgan fingerprint density at radius 2 is 0.506 bits per heavy atom. The maximum Gasteiger partial charge on any atom is 0.306 e. The van der Waals surface area contributed by atoms with Crippen LogP contribution in [-0.2, 0) is 28.6 Å². The van der Waals surface area contributed by atoms with Crippen LogP contribution in [0.2, 0.25) is 0 Å². The molecule has 0 aliphatic rings. The fraction of sp³-hybridized carbons (Fsp3) is 0.667. The van der Waals surface area contributed by atoms with Crippen molar-refractivity contribution in [2.45, 2.75) is 309 Å². The Morgan fingerprint density at radius 3 is 0.827 bits per heavy atom. The van der Waals surface area contributed by atoms with E-state index in [0.29, 0.717) is 19.3 Å². The molecule has 0 N–H and O–H groups in total. The van der Waals surface area contributed by atoms with E-state index in [2.05, 4.69) is 148 Å². The molecule has 1 atom stereocenters. The molecule has 0 aliphatic heterocycles. The van der Waals surface area contributed by atoms with Crippen LogP contribution >= 0.6 is 0 Å². The molecule has 0 spiro atoms. The van der Waals surface area contributed by atoms with E-state index >= 15 is 0 Å². The first-order chi connectivity index (χ1) is 40.0. The van der Waals surface area contributed by atoms with Crippen molar-refractivity contribution in [3.05, 3.63) is 134 Å². The Labute approximate surface area is 500 Å². The van der Waals surface area contributed by atoms with E-state index < -0.39 is 6.10 Å². The molecule has 0 aromatic heterocycles. The highest BCUT2D eigenvalue weighted by atomic mass is 16.6. The van der Waals surface area contributed by atoms with Crippen molar-refractivity contribution in [3.63, 3.8) is 0 Å². The average Bonchev–Trinajstić information content (AvgIpc) is 3.46. The van der Waals surface area contributed by atoms with Gasteiger partial charge < -0.3 is 14.2 Å². The van der Waals surface area contributed by atoms with Crippen LogP contribution < -0.4 is 0 Å². The number of unbranched alkanes of at least 4 members (excludes halogenated alkanes) is 27. The topological polar surface area (TPSA) is 78.9 Å². The number of carbonyl (C=O) groups excluding carboxylic acids is 3. The van der Waals surface area contributed by atoms with Crippen LogP contribution in [0.25, 0.3) is 0 Å². The second-order valence-electron chi connectivity index (χ2n) is 22.0. The molecular formula is C75H124O6. The predicted molar refractivity (Wildman–Crippen MR) is 353 cm³/mol. The van der Waals surface area contributed by atoms with Crippen molar-refractivity contribution in [2.75, 3.05) is 13.2 Å². The van der Waals surface area contributed by atoms with E-state index in [-0.39, 0.29) is 37.5 Å². The molecule has 1 unspecified atom stereocenters. The summed E-state index contributed by atoms with van der Waals surface area (Å²) >= 11 is 0. The van der Waals surface area contributed by atoms with Gasteiger partial charge in [-0.2, -0.15) is 0 Å². The van der Waals surface area contributed by atoms with Crippen LogP contribution in [0.5, 0.6) is 0 Å². The molecule has 0 aromatic carbocycles. The normalized spacial score (nSPS) is 13.0. The van der Waals surface area contributed by atoms with Crippen LogP contribution in [0.4, 0.5) is 0 Å². The molecule has 0 rings (SSSR count). The fourth-order valence-corrected chi connectivity index (χ4v) is 9.16. The zero-order valence-corrected chi connectivity index (χ0v) is 52.8. The second-order valence-corrected chi connectivity index (χ2v) is 22.0. The van der Waals surface area contributed by atoms with Crippen molar-refractivity contribution in [1.82, 2.24) is 0 Å². The minimum absolute atomic E-state index is 0.106. The Kier molecular flexibility index (Phi) is 64.3. The van der Waals surface area contributed by atoms with Gasteiger partial charge in [-0.15, -0.1) is 0 Å². The fourth-order valence-electron chi connectivity index (χ4n) is 9.16. The third kappa shape index (κ3) is 66.2. The molecule has 0 aliphatic carbocycles. The van der Waals surface area contributed by atoms with Crippen LogP contribution in [0.1, 0.15) is 303 Å². The molecule has 0 amide bonds. The Morgan fingerprint density at radius 1 is 0.259 bits per heavy atom. The summed E-state index contributed by atoms with van der Waals surface area (Å²) in [6.07, 6.45) is 96.3. The van der Waals surface area contributed by atoms with Crippen LogP contribution in [0.15, 0.2) is 134 Å². The number of esters is 3. The number of hydrogen-bond donors (Lipinski definition) is 0. The van der Waals surface area contributed by atoms with Crippen molar-refractivity contribution in [2.24, 2.45) is 0 Å². The van der Waals surface area contributed by atoms with E-state index in [9.17, 15) is 14.4 Å². The largest absolute Gasteiger partial charge is 0.462 e. The van der Waals surface area contributed by atoms with Gasteiger partial charge in [0.25, 0.3) is 0 Å². The molecule has 460 valence electrons. The standard InChI is InChI=1S/C75H124O6/c1-4-7-10-13-16-19-22-25-27-29-31-33-35-37-39-41-43-45-47-50-53-56-59-62-65-68-74(77)80-71-72(70-79-73(76)67-64-61-58-55-52-49-24-21-18-15-12-9-6-3)81-75(78)69-66-63-60-57-54-51-48-46-44-42-40-38-36-34-32-30-28-26-23-20-17-14-11-8-5-2/h7,9-10,12,16,18-19,21,23,25-27,30-33,37,39,49,52,58,61,72H,4-6,8,11,13-15,17,20,22,24,28-29,34-36,38,40-48,50-51,53-57,59-60,62-71H2,1-3H3/b10-7-,12-9-,19-16-,21-18-,26-23-,27-25-,32-30-,33-31-,39-37-,52-49-,61-58-. The summed E-state index contributed by atoms with van der Waals surface area (Å²) in [6.45, 7) is 6.35. The molecule has 0 saturated carbocycles. The number of hydrogen-bond acceptors (Lipinski definition) is 6. The number of allylic oxidation sites excluding steroid dienone is 22. The first kappa shape index (κ1) is 76.5. The zero-order chi connectivity index (χ0) is 58.5. The first-order valence-electron chi connectivity index (χ1n) is 33.7. The Hall–Kier alpha value is -4.45. The SMILES string of the molecule is CC/C=C\C/C=C\C/C=C\C/C=C\C/C=C\CCCCCCCCCCCC(=O)OCC(COC(=O)CC/C=C\C/C=C\C/C=C\C/C=C\CC)OC(=O)CCCCCCCCCCCCCCC/C=C\C/C=C\CCCCCCC. The van der Waals surface area contributed by atoms with Crippen LogP contribution in [-0.4, -0.2) is 37.2 Å². The van der Waals surface area contributed by atoms with E-state index in [1.807, 2.05) is 6.08 Å². The van der Waals surface area contributed by atoms with Gasteiger partial charge >= 0.3 is 17.9 Å². The quantitative estimate of drug-likeness (QED) is 0.0261. The second kappa shape index (κ2) is 68.1. The average molecular weight is 1120 g/mol. The summed E-state index contributed by atoms with van der Waals surface area (Å²) in [7, 11) is 0. The lowest BCUT2D eigenvalue weighted by atomic mass is 10.0. The van der Waals surface area contributed by atoms with Gasteiger partial charge in [0, 0.05) is 19.3 Å². The molecular weight excluding hydrogens is 997 g/mol. The van der Waals surface area contributed by atoms with Crippen molar-refractivity contribution in [1.29, 1.82) is 0 Å². The first-order valence-corrected chi connectivity index (χ1v) is 33.7. The van der Waals surface area contributed by atoms with Crippen molar-refractivity contribution < 1.29 is 28.6 Å². The maximum absolute atomic E-state index is 12.9. The minimum atomic E-state index is -0.816. The molecule has 0 saturated heterocycles. The van der Waals surface area contributed by atoms with Gasteiger partial charge in [-0.3, -0.25) is 14.4 Å². The molecule has 0 aromatic rings. The zero-order valence-electron chi connectivity index (χ0n) is 52.8. The van der Waals surface area contributed by atoms with Gasteiger partial charge in [-0.25, -0.2) is 0 Å². The molecule has 0 heterocycles. The van der Waals surface area contributed by atoms with Gasteiger partial charge in [0.05, 0.1) is 0 Å². The summed E-state index contributed by atoms with van der Waals surface area (Å²) in [5, 5.41) is 0. The third-order valence-electron chi connectivity index (χ3n) is 14.1. The van der Waals surface area contributed by atoms with E-state index in [1.165, 1.54) is 148 Å². The van der Waals surface area contributed by atoms with Crippen molar-refractivity contribution in [3.8, 4) is 0 Å². The Balaban J connectivity index is 4.36. The van der Waals surface area contributed by atoms with Gasteiger partial charge in [-0.1, -0.05) is 296 Å². The molecule has 0 fully saturated rings. The van der Waals surface area contributed by atoms with Gasteiger partial charge in [-0.05, 0) is 122 Å². The predicted octanol–water partition coefficient (Wildman–Crippen LogP) is 23.3. The van der Waals surface area contributed by atoms with E-state index in [0.717, 1.165) is 109 Å². The summed E-state index contributed by atoms with van der Waals surface area (Å²) < 4.78 is 16.9. The smallest absolute Gasteiger partial charge is 0.306 e.